The van der Waals surface area contributed by atoms with Crippen molar-refractivity contribution in [3.8, 4) is 0 Å². The Labute approximate surface area is 84.4 Å². The first-order chi connectivity index (χ1) is 6.54. The summed E-state index contributed by atoms with van der Waals surface area (Å²) >= 11 is 0. The molecular weight excluding hydrogens is 238 g/mol. The summed E-state index contributed by atoms with van der Waals surface area (Å²) in [7, 11) is -4.17. The van der Waals surface area contributed by atoms with Gasteiger partial charge in [0.2, 0.25) is 0 Å². The van der Waals surface area contributed by atoms with Gasteiger partial charge >= 0.3 is 22.2 Å². The van der Waals surface area contributed by atoms with Crippen molar-refractivity contribution < 1.29 is 43.0 Å². The van der Waals surface area contributed by atoms with Crippen molar-refractivity contribution in [2.75, 3.05) is 13.2 Å². The van der Waals surface area contributed by atoms with Gasteiger partial charge in [0, 0.05) is 0 Å². The van der Waals surface area contributed by atoms with E-state index in [-0.39, 0.29) is 0 Å². The minimum atomic E-state index is -4.17. The van der Waals surface area contributed by atoms with Gasteiger partial charge in [-0.3, -0.25) is 4.55 Å². The van der Waals surface area contributed by atoms with Crippen molar-refractivity contribution in [1.29, 1.82) is 0 Å². The molecule has 0 saturated heterocycles. The summed E-state index contributed by atoms with van der Waals surface area (Å²) < 4.78 is 25.2. The van der Waals surface area contributed by atoms with E-state index >= 15 is 0 Å². The van der Waals surface area contributed by atoms with Crippen molar-refractivity contribution in [3.05, 3.63) is 0 Å². The van der Waals surface area contributed by atoms with E-state index in [0.29, 0.717) is 0 Å². The van der Waals surface area contributed by atoms with E-state index in [2.05, 4.69) is 5.14 Å². The quantitative estimate of drug-likeness (QED) is 0.274. The number of carbonyl (C=O) groups is 2. The van der Waals surface area contributed by atoms with Crippen LogP contribution in [0.25, 0.3) is 0 Å². The smallest absolute Gasteiger partial charge is 0.330 e. The molecule has 7 N–H and O–H groups in total. The lowest BCUT2D eigenvalue weighted by molar-refractivity contribution is -0.141. The largest absolute Gasteiger partial charge is 0.480 e. The van der Waals surface area contributed by atoms with Gasteiger partial charge in [0.1, 0.15) is 13.2 Å². The zero-order valence-corrected chi connectivity index (χ0v) is 8.09. The molecule has 10 nitrogen and oxygen atoms in total. The van der Waals surface area contributed by atoms with E-state index in [1.807, 2.05) is 0 Å². The maximum Gasteiger partial charge on any atom is 0.330 e. The molecule has 0 amide bonds. The third-order valence-electron chi connectivity index (χ3n) is 0.271. The second-order valence-corrected chi connectivity index (χ2v) is 2.65. The minimum Gasteiger partial charge on any atom is -0.480 e. The van der Waals surface area contributed by atoms with Gasteiger partial charge in [-0.15, -0.1) is 0 Å². The van der Waals surface area contributed by atoms with E-state index in [1.54, 1.807) is 0 Å². The predicted molar refractivity (Wildman–Crippen MR) is 45.2 cm³/mol. The summed E-state index contributed by atoms with van der Waals surface area (Å²) in [6, 6.07) is 0. The molecule has 0 aliphatic rings. The number of aliphatic hydroxyl groups is 2. The molecule has 0 aliphatic carbocycles. The molecule has 0 fully saturated rings. The highest BCUT2D eigenvalue weighted by molar-refractivity contribution is 7.83. The van der Waals surface area contributed by atoms with Gasteiger partial charge in [-0.05, 0) is 0 Å². The van der Waals surface area contributed by atoms with Gasteiger partial charge in [0.25, 0.3) is 0 Å². The zero-order chi connectivity index (χ0) is 13.1. The Hall–Kier alpha value is -1.27. The zero-order valence-electron chi connectivity index (χ0n) is 7.27. The molecule has 0 saturated carbocycles. The monoisotopic (exact) mass is 249 g/mol. The fraction of sp³-hybridized carbons (Fsp3) is 0.500. The van der Waals surface area contributed by atoms with Crippen molar-refractivity contribution in [3.63, 3.8) is 0 Å². The average Bonchev–Trinajstić information content (AvgIpc) is 2.02. The summed E-state index contributed by atoms with van der Waals surface area (Å²) in [5.41, 5.74) is 0. The van der Waals surface area contributed by atoms with Crippen LogP contribution in [0.4, 0.5) is 0 Å². The SMILES string of the molecule is NS(=O)(=O)O.O=C(O)CO.O=C(O)CO. The van der Waals surface area contributed by atoms with Crippen LogP contribution in [0.3, 0.4) is 0 Å². The third-order valence-corrected chi connectivity index (χ3v) is 0.271. The lowest BCUT2D eigenvalue weighted by Crippen LogP contribution is -2.08. The van der Waals surface area contributed by atoms with Crippen LogP contribution >= 0.6 is 0 Å². The van der Waals surface area contributed by atoms with Gasteiger partial charge in [0.05, 0.1) is 0 Å². The average molecular weight is 249 g/mol. The molecule has 0 rings (SSSR count). The summed E-state index contributed by atoms with van der Waals surface area (Å²) in [5, 5.41) is 33.9. The van der Waals surface area contributed by atoms with Crippen LogP contribution in [0, 0.1) is 0 Å². The maximum atomic E-state index is 9.12. The molecule has 0 unspecified atom stereocenters. The molecule has 0 aromatic heterocycles. The van der Waals surface area contributed by atoms with E-state index in [1.165, 1.54) is 0 Å². The van der Waals surface area contributed by atoms with Gasteiger partial charge in [-0.1, -0.05) is 0 Å². The second-order valence-electron chi connectivity index (χ2n) is 1.62. The number of hydrogen-bond acceptors (Lipinski definition) is 6. The fourth-order valence-electron chi connectivity index (χ4n) is 0. The van der Waals surface area contributed by atoms with Gasteiger partial charge in [-0.2, -0.15) is 8.42 Å². The molecule has 0 bridgehead atoms. The van der Waals surface area contributed by atoms with Gasteiger partial charge < -0.3 is 20.4 Å². The molecule has 11 heteroatoms. The number of aliphatic carboxylic acids is 2. The first-order valence-electron chi connectivity index (χ1n) is 2.95. The fourth-order valence-corrected chi connectivity index (χ4v) is 0. The lowest BCUT2D eigenvalue weighted by atomic mass is 10.8. The maximum absolute atomic E-state index is 9.12. The number of hydrogen-bond donors (Lipinski definition) is 6. The molecule has 0 spiro atoms. The van der Waals surface area contributed by atoms with E-state index < -0.39 is 35.5 Å². The van der Waals surface area contributed by atoms with Crippen molar-refractivity contribution in [2.24, 2.45) is 5.14 Å². The number of carboxylic acids is 2. The van der Waals surface area contributed by atoms with Crippen LogP contribution in [0.15, 0.2) is 0 Å². The van der Waals surface area contributed by atoms with Gasteiger partial charge in [-0.25, -0.2) is 14.7 Å². The van der Waals surface area contributed by atoms with Crippen molar-refractivity contribution >= 4 is 22.2 Å². The van der Waals surface area contributed by atoms with Crippen LogP contribution in [-0.4, -0.2) is 58.5 Å². The first-order valence-corrected chi connectivity index (χ1v) is 4.45. The number of rotatable bonds is 2. The molecular formula is C4H11NO9S. The predicted octanol–water partition coefficient (Wildman–Crippen LogP) is -3.13. The molecule has 92 valence electrons. The number of nitrogens with two attached hydrogens (primary N) is 1. The Balaban J connectivity index is -0.000000144. The highest BCUT2D eigenvalue weighted by atomic mass is 32.2. The highest BCUT2D eigenvalue weighted by Crippen LogP contribution is 1.50. The lowest BCUT2D eigenvalue weighted by Gasteiger charge is -1.72. The normalized spacial score (nSPS) is 8.80. The number of carboxylic acid groups (broad SMARTS) is 2. The van der Waals surface area contributed by atoms with E-state index in [0.717, 1.165) is 0 Å². The second kappa shape index (κ2) is 10.8. The summed E-state index contributed by atoms with van der Waals surface area (Å²) in [5.74, 6) is -2.38. The van der Waals surface area contributed by atoms with Crippen molar-refractivity contribution in [1.82, 2.24) is 0 Å². The molecule has 0 radical (unpaired) electrons. The molecule has 0 aromatic rings. The Morgan fingerprint density at radius 3 is 1.07 bits per heavy atom. The summed E-state index contributed by atoms with van der Waals surface area (Å²) in [4.78, 5) is 18.2. The van der Waals surface area contributed by atoms with E-state index in [9.17, 15) is 0 Å². The van der Waals surface area contributed by atoms with Crippen LogP contribution in [0.5, 0.6) is 0 Å². The topological polar surface area (TPSA) is 195 Å². The van der Waals surface area contributed by atoms with Crippen LogP contribution in [0.2, 0.25) is 0 Å². The molecule has 0 heterocycles. The molecule has 15 heavy (non-hydrogen) atoms. The van der Waals surface area contributed by atoms with Crippen molar-refractivity contribution in [2.45, 2.75) is 0 Å². The minimum absolute atomic E-state index is 0.778. The van der Waals surface area contributed by atoms with Crippen LogP contribution in [0.1, 0.15) is 0 Å². The Bertz CT molecular complexity index is 248. The third kappa shape index (κ3) is 197. The summed E-state index contributed by atoms with van der Waals surface area (Å²) in [6.45, 7) is -1.56. The standard InChI is InChI=1S/2C2H4O3.H3NO3S/c2*3-1-2(4)5;1-5(2,3)4/h2*3H,1H2,(H,4,5);(H3,1,2,3,4). The molecule has 0 aliphatic heterocycles. The Kier molecular flexibility index (Phi) is 13.9. The highest BCUT2D eigenvalue weighted by Gasteiger charge is 1.83. The number of aliphatic hydroxyl groups excluding tert-OH is 2. The Morgan fingerprint density at radius 1 is 1.00 bits per heavy atom. The molecule has 0 aromatic carbocycles. The van der Waals surface area contributed by atoms with Crippen LogP contribution in [-0.2, 0) is 19.9 Å². The van der Waals surface area contributed by atoms with Gasteiger partial charge in [0.15, 0.2) is 0 Å². The van der Waals surface area contributed by atoms with Crippen LogP contribution < -0.4 is 5.14 Å². The van der Waals surface area contributed by atoms with E-state index in [4.69, 9.17) is 43.0 Å². The first kappa shape index (κ1) is 19.3. The molecule has 0 atom stereocenters. The Morgan fingerprint density at radius 2 is 1.07 bits per heavy atom. The summed E-state index contributed by atoms with van der Waals surface area (Å²) in [6.07, 6.45) is 0.